The predicted octanol–water partition coefficient (Wildman–Crippen LogP) is 1.74. The van der Waals surface area contributed by atoms with Gasteiger partial charge < -0.3 is 10.0 Å². The third-order valence-electron chi connectivity index (χ3n) is 2.40. The van der Waals surface area contributed by atoms with Crippen LogP contribution in [-0.4, -0.2) is 35.2 Å². The molecule has 1 fully saturated rings. The maximum absolute atomic E-state index is 9.52. The van der Waals surface area contributed by atoms with E-state index in [4.69, 9.17) is 0 Å². The van der Waals surface area contributed by atoms with E-state index in [1.54, 1.807) is 0 Å². The van der Waals surface area contributed by atoms with Crippen LogP contribution < -0.4 is 0 Å². The zero-order chi connectivity index (χ0) is 9.78. The van der Waals surface area contributed by atoms with Crippen LogP contribution in [0.15, 0.2) is 0 Å². The molecule has 0 radical (unpaired) electrons. The molecule has 2 nitrogen and oxygen atoms in total. The van der Waals surface area contributed by atoms with Crippen molar-refractivity contribution in [3.63, 3.8) is 0 Å². The Hall–Kier alpha value is -0.0800. The molecule has 1 N–H and O–H groups in total. The zero-order valence-corrected chi connectivity index (χ0v) is 9.09. The monoisotopic (exact) mass is 173 g/mol. The van der Waals surface area contributed by atoms with Crippen LogP contribution in [-0.2, 0) is 0 Å². The van der Waals surface area contributed by atoms with E-state index < -0.39 is 5.60 Å². The first-order valence-electron chi connectivity index (χ1n) is 4.98. The van der Waals surface area contributed by atoms with E-state index in [0.717, 1.165) is 19.6 Å². The molecule has 0 amide bonds. The van der Waals surface area contributed by atoms with Gasteiger partial charge in [0.2, 0.25) is 0 Å². The highest BCUT2D eigenvalue weighted by Gasteiger charge is 2.36. The minimum absolute atomic E-state index is 0.467. The van der Waals surface area contributed by atoms with Crippen LogP contribution in [0.3, 0.4) is 0 Å². The third kappa shape index (κ3) is 3.11. The molecule has 0 aromatic rings. The molecule has 0 aromatic heterocycles. The second kappa shape index (κ2) is 4.83. The zero-order valence-electron chi connectivity index (χ0n) is 9.09. The van der Waals surface area contributed by atoms with E-state index in [-0.39, 0.29) is 0 Å². The molecular weight excluding hydrogens is 150 g/mol. The Bertz CT molecular complexity index is 111. The Morgan fingerprint density at radius 3 is 2.00 bits per heavy atom. The Balaban J connectivity index is 0.000000561. The van der Waals surface area contributed by atoms with Crippen molar-refractivity contribution in [2.45, 2.75) is 40.2 Å². The molecule has 0 bridgehead atoms. The van der Waals surface area contributed by atoms with Gasteiger partial charge in [-0.2, -0.15) is 0 Å². The molecular formula is C10H23NO. The topological polar surface area (TPSA) is 23.5 Å². The second-order valence-corrected chi connectivity index (χ2v) is 3.70. The molecule has 0 unspecified atom stereocenters. The second-order valence-electron chi connectivity index (χ2n) is 3.70. The van der Waals surface area contributed by atoms with E-state index in [2.05, 4.69) is 11.8 Å². The number of aliphatic hydroxyl groups is 1. The molecule has 0 atom stereocenters. The van der Waals surface area contributed by atoms with Crippen molar-refractivity contribution < 1.29 is 5.11 Å². The van der Waals surface area contributed by atoms with E-state index in [1.807, 2.05) is 27.7 Å². The highest BCUT2D eigenvalue weighted by molar-refractivity contribution is 4.89. The average Bonchev–Trinajstić information content (AvgIpc) is 1.87. The number of likely N-dealkylation sites (tertiary alicyclic amines) is 1. The molecule has 1 aliphatic heterocycles. The molecule has 1 heterocycles. The molecule has 12 heavy (non-hydrogen) atoms. The first-order chi connectivity index (χ1) is 5.54. The normalized spacial score (nSPS) is 19.5. The maximum Gasteiger partial charge on any atom is 0.0644 e. The van der Waals surface area contributed by atoms with Gasteiger partial charge in [0, 0.05) is 19.0 Å². The van der Waals surface area contributed by atoms with Crippen LogP contribution in [0.1, 0.15) is 34.6 Å². The highest BCUT2D eigenvalue weighted by atomic mass is 16.3. The van der Waals surface area contributed by atoms with Gasteiger partial charge in [-0.25, -0.2) is 0 Å². The largest absolute Gasteiger partial charge is 0.390 e. The van der Waals surface area contributed by atoms with E-state index >= 15 is 0 Å². The number of hydrogen-bond acceptors (Lipinski definition) is 2. The van der Waals surface area contributed by atoms with Crippen LogP contribution in [0.2, 0.25) is 0 Å². The molecule has 2 heteroatoms. The van der Waals surface area contributed by atoms with Crippen LogP contribution in [0.4, 0.5) is 0 Å². The van der Waals surface area contributed by atoms with Crippen LogP contribution in [0.25, 0.3) is 0 Å². The molecule has 74 valence electrons. The van der Waals surface area contributed by atoms with Gasteiger partial charge in [0.1, 0.15) is 0 Å². The lowest BCUT2D eigenvalue weighted by Crippen LogP contribution is -2.55. The summed E-state index contributed by atoms with van der Waals surface area (Å²) in [5.74, 6) is 0.493. The summed E-state index contributed by atoms with van der Waals surface area (Å²) in [6.07, 6.45) is 0. The summed E-state index contributed by atoms with van der Waals surface area (Å²) >= 11 is 0. The Morgan fingerprint density at radius 1 is 1.33 bits per heavy atom. The summed E-state index contributed by atoms with van der Waals surface area (Å²) in [6.45, 7) is 13.2. The predicted molar refractivity (Wildman–Crippen MR) is 53.2 cm³/mol. The fourth-order valence-electron chi connectivity index (χ4n) is 1.27. The van der Waals surface area contributed by atoms with Crippen LogP contribution >= 0.6 is 0 Å². The van der Waals surface area contributed by atoms with Crippen molar-refractivity contribution in [2.24, 2.45) is 5.92 Å². The van der Waals surface area contributed by atoms with Crippen molar-refractivity contribution in [1.29, 1.82) is 0 Å². The molecule has 0 spiro atoms. The summed E-state index contributed by atoms with van der Waals surface area (Å²) in [5.41, 5.74) is -0.467. The molecule has 0 aromatic carbocycles. The summed E-state index contributed by atoms with van der Waals surface area (Å²) in [7, 11) is 0. The molecule has 0 aliphatic carbocycles. The Labute approximate surface area is 76.6 Å². The summed E-state index contributed by atoms with van der Waals surface area (Å²) in [5, 5.41) is 9.52. The minimum Gasteiger partial charge on any atom is -0.390 e. The smallest absolute Gasteiger partial charge is 0.0644 e. The van der Waals surface area contributed by atoms with Gasteiger partial charge in [0.15, 0.2) is 0 Å². The Kier molecular flexibility index (Phi) is 4.80. The fourth-order valence-corrected chi connectivity index (χ4v) is 1.27. The van der Waals surface area contributed by atoms with Gasteiger partial charge in [0.25, 0.3) is 0 Å². The van der Waals surface area contributed by atoms with Crippen molar-refractivity contribution in [1.82, 2.24) is 4.90 Å². The van der Waals surface area contributed by atoms with Crippen LogP contribution in [0, 0.1) is 5.92 Å². The van der Waals surface area contributed by atoms with Gasteiger partial charge in [-0.05, 0) is 20.4 Å². The number of hydrogen-bond donors (Lipinski definition) is 1. The third-order valence-corrected chi connectivity index (χ3v) is 2.40. The van der Waals surface area contributed by atoms with E-state index in [9.17, 15) is 5.11 Å². The SMILES string of the molecule is CC.CCN1CC(C(C)(C)O)C1. The lowest BCUT2D eigenvalue weighted by molar-refractivity contribution is -0.0598. The number of nitrogens with zero attached hydrogens (tertiary/aromatic N) is 1. The van der Waals surface area contributed by atoms with E-state index in [1.165, 1.54) is 0 Å². The van der Waals surface area contributed by atoms with Crippen molar-refractivity contribution in [3.05, 3.63) is 0 Å². The Morgan fingerprint density at radius 2 is 1.75 bits per heavy atom. The van der Waals surface area contributed by atoms with Crippen molar-refractivity contribution in [2.75, 3.05) is 19.6 Å². The molecule has 0 saturated carbocycles. The maximum atomic E-state index is 9.52. The van der Waals surface area contributed by atoms with Crippen molar-refractivity contribution >= 4 is 0 Å². The quantitative estimate of drug-likeness (QED) is 0.687. The van der Waals surface area contributed by atoms with Gasteiger partial charge in [-0.3, -0.25) is 0 Å². The van der Waals surface area contributed by atoms with Gasteiger partial charge in [-0.15, -0.1) is 0 Å². The summed E-state index contributed by atoms with van der Waals surface area (Å²) < 4.78 is 0. The molecule has 1 rings (SSSR count). The lowest BCUT2D eigenvalue weighted by atomic mass is 9.84. The molecule has 1 saturated heterocycles. The van der Waals surface area contributed by atoms with Crippen molar-refractivity contribution in [3.8, 4) is 0 Å². The fraction of sp³-hybridized carbons (Fsp3) is 1.00. The number of rotatable bonds is 2. The lowest BCUT2D eigenvalue weighted by Gasteiger charge is -2.44. The first-order valence-corrected chi connectivity index (χ1v) is 4.98. The summed E-state index contributed by atoms with van der Waals surface area (Å²) in [4.78, 5) is 2.34. The standard InChI is InChI=1S/C8H17NO.C2H6/c1-4-9-5-7(6-9)8(2,3)10;1-2/h7,10H,4-6H2,1-3H3;1-2H3. The average molecular weight is 173 g/mol. The molecule has 1 aliphatic rings. The first kappa shape index (κ1) is 11.9. The van der Waals surface area contributed by atoms with Gasteiger partial charge >= 0.3 is 0 Å². The highest BCUT2D eigenvalue weighted by Crippen LogP contribution is 2.25. The van der Waals surface area contributed by atoms with Gasteiger partial charge in [0.05, 0.1) is 5.60 Å². The minimum atomic E-state index is -0.467. The van der Waals surface area contributed by atoms with Crippen LogP contribution in [0.5, 0.6) is 0 Å². The van der Waals surface area contributed by atoms with Gasteiger partial charge in [-0.1, -0.05) is 20.8 Å². The van der Waals surface area contributed by atoms with E-state index in [0.29, 0.717) is 5.92 Å². The summed E-state index contributed by atoms with van der Waals surface area (Å²) in [6, 6.07) is 0.